The maximum absolute atomic E-state index is 13.7. The summed E-state index contributed by atoms with van der Waals surface area (Å²) in [5.41, 5.74) is 4.64. The quantitative estimate of drug-likeness (QED) is 0.280. The van der Waals surface area contributed by atoms with Gasteiger partial charge >= 0.3 is 0 Å². The second kappa shape index (κ2) is 10.4. The molecule has 0 radical (unpaired) electrons. The molecule has 1 atom stereocenters. The maximum Gasteiger partial charge on any atom is 0.257 e. The van der Waals surface area contributed by atoms with Crippen molar-refractivity contribution >= 4 is 22.5 Å². The second-order valence-electron chi connectivity index (χ2n) is 9.56. The molecule has 3 aromatic carbocycles. The molecule has 0 aliphatic heterocycles. The Hall–Kier alpha value is -4.65. The number of rotatable bonds is 7. The van der Waals surface area contributed by atoms with Crippen molar-refractivity contribution in [3.8, 4) is 11.5 Å². The van der Waals surface area contributed by atoms with Gasteiger partial charge in [0.25, 0.3) is 5.91 Å². The molecule has 0 saturated carbocycles. The Morgan fingerprint density at radius 1 is 1.03 bits per heavy atom. The number of pyridine rings is 1. The van der Waals surface area contributed by atoms with Gasteiger partial charge in [0.05, 0.1) is 29.6 Å². The van der Waals surface area contributed by atoms with Crippen LogP contribution in [-0.2, 0) is 19.4 Å². The number of hydrogen-bond donors (Lipinski definition) is 2. The number of benzene rings is 3. The van der Waals surface area contributed by atoms with Crippen LogP contribution in [0.1, 0.15) is 46.0 Å². The lowest BCUT2D eigenvalue weighted by Crippen LogP contribution is -2.20. The number of imidazole rings is 1. The molecular formula is C31H28N4O3. The van der Waals surface area contributed by atoms with Crippen molar-refractivity contribution in [1.82, 2.24) is 14.5 Å². The molecule has 6 rings (SSSR count). The predicted molar refractivity (Wildman–Crippen MR) is 146 cm³/mol. The van der Waals surface area contributed by atoms with Crippen molar-refractivity contribution in [2.45, 2.75) is 38.3 Å². The van der Waals surface area contributed by atoms with Crippen molar-refractivity contribution in [3.63, 3.8) is 0 Å². The zero-order chi connectivity index (χ0) is 25.9. The highest BCUT2D eigenvalue weighted by Gasteiger charge is 2.26. The fourth-order valence-corrected chi connectivity index (χ4v) is 5.20. The molecule has 0 fully saturated rings. The van der Waals surface area contributed by atoms with E-state index in [9.17, 15) is 9.90 Å². The first-order chi connectivity index (χ1) is 18.7. The number of carbonyl (C=O) groups is 1. The number of carbonyl (C=O) groups excluding carboxylic acids is 1. The number of aromatic hydroxyl groups is 1. The number of ether oxygens (including phenoxy) is 1. The molecule has 38 heavy (non-hydrogen) atoms. The van der Waals surface area contributed by atoms with Crippen LogP contribution in [0, 0.1) is 0 Å². The first kappa shape index (κ1) is 23.7. The molecule has 0 bridgehead atoms. The van der Waals surface area contributed by atoms with Gasteiger partial charge in [-0.15, -0.1) is 0 Å². The number of phenolic OH excluding ortho intramolecular Hbond substituents is 1. The zero-order valence-corrected chi connectivity index (χ0v) is 20.9. The molecule has 7 heteroatoms. The minimum Gasteiger partial charge on any atom is -0.504 e. The summed E-state index contributed by atoms with van der Waals surface area (Å²) < 4.78 is 8.53. The first-order valence-corrected chi connectivity index (χ1v) is 12.9. The van der Waals surface area contributed by atoms with Gasteiger partial charge in [-0.05, 0) is 60.6 Å². The largest absolute Gasteiger partial charge is 0.504 e. The molecule has 2 heterocycles. The third-order valence-corrected chi connectivity index (χ3v) is 7.07. The van der Waals surface area contributed by atoms with Crippen LogP contribution in [0.3, 0.4) is 0 Å². The molecule has 0 saturated heterocycles. The number of fused-ring (bicyclic) bond motifs is 2. The summed E-state index contributed by atoms with van der Waals surface area (Å²) in [6, 6.07) is 21.0. The Kier molecular flexibility index (Phi) is 6.48. The smallest absolute Gasteiger partial charge is 0.257 e. The first-order valence-electron chi connectivity index (χ1n) is 12.9. The molecule has 5 aromatic rings. The molecular weight excluding hydrogens is 476 g/mol. The second-order valence-corrected chi connectivity index (χ2v) is 9.56. The van der Waals surface area contributed by atoms with Gasteiger partial charge in [0.1, 0.15) is 6.10 Å². The Morgan fingerprint density at radius 2 is 1.87 bits per heavy atom. The molecule has 190 valence electrons. The van der Waals surface area contributed by atoms with E-state index in [0.717, 1.165) is 47.8 Å². The number of aromatic nitrogens is 3. The molecule has 1 aliphatic rings. The summed E-state index contributed by atoms with van der Waals surface area (Å²) in [5.74, 6) is 0.00751. The van der Waals surface area contributed by atoms with Crippen LogP contribution < -0.4 is 10.1 Å². The van der Waals surface area contributed by atoms with E-state index in [0.29, 0.717) is 23.3 Å². The molecule has 0 unspecified atom stereocenters. The number of amides is 1. The summed E-state index contributed by atoms with van der Waals surface area (Å²) in [7, 11) is 0. The highest BCUT2D eigenvalue weighted by Crippen LogP contribution is 2.45. The third kappa shape index (κ3) is 4.70. The average Bonchev–Trinajstić information content (AvgIpc) is 3.47. The van der Waals surface area contributed by atoms with E-state index in [-0.39, 0.29) is 17.4 Å². The van der Waals surface area contributed by atoms with Crippen molar-refractivity contribution in [3.05, 3.63) is 114 Å². The zero-order valence-electron chi connectivity index (χ0n) is 20.9. The van der Waals surface area contributed by atoms with Crippen LogP contribution in [0.2, 0.25) is 0 Å². The normalized spacial score (nSPS) is 13.6. The Balaban J connectivity index is 1.42. The number of phenols is 1. The highest BCUT2D eigenvalue weighted by molar-refractivity contribution is 6.12. The highest BCUT2D eigenvalue weighted by atomic mass is 16.5. The number of para-hydroxylation sites is 1. The number of aryl methyl sites for hydroxylation is 1. The van der Waals surface area contributed by atoms with E-state index in [4.69, 9.17) is 4.74 Å². The van der Waals surface area contributed by atoms with Gasteiger partial charge in [0.2, 0.25) is 0 Å². The molecule has 2 N–H and O–H groups in total. The molecule has 1 amide bonds. The van der Waals surface area contributed by atoms with Crippen LogP contribution in [-0.4, -0.2) is 25.5 Å². The summed E-state index contributed by atoms with van der Waals surface area (Å²) in [5, 5.41) is 15.2. The number of hydrogen-bond acceptors (Lipinski definition) is 5. The van der Waals surface area contributed by atoms with Crippen LogP contribution >= 0.6 is 0 Å². The summed E-state index contributed by atoms with van der Waals surface area (Å²) in [4.78, 5) is 22.3. The van der Waals surface area contributed by atoms with Crippen molar-refractivity contribution in [1.29, 1.82) is 0 Å². The average molecular weight is 505 g/mol. The molecule has 2 aromatic heterocycles. The molecule has 0 spiro atoms. The van der Waals surface area contributed by atoms with Crippen molar-refractivity contribution < 1.29 is 14.6 Å². The van der Waals surface area contributed by atoms with Gasteiger partial charge in [-0.3, -0.25) is 9.78 Å². The van der Waals surface area contributed by atoms with Crippen molar-refractivity contribution in [2.75, 3.05) is 5.32 Å². The molecule has 1 aliphatic carbocycles. The van der Waals surface area contributed by atoms with Gasteiger partial charge in [-0.1, -0.05) is 48.5 Å². The van der Waals surface area contributed by atoms with Crippen LogP contribution in [0.25, 0.3) is 10.9 Å². The lowest BCUT2D eigenvalue weighted by atomic mass is 9.89. The summed E-state index contributed by atoms with van der Waals surface area (Å²) in [6.45, 7) is 0.487. The number of anilines is 1. The summed E-state index contributed by atoms with van der Waals surface area (Å²) in [6.07, 6.45) is 10.3. The minimum atomic E-state index is -0.423. The minimum absolute atomic E-state index is 0.0172. The standard InChI is InChI=1S/C31H28N4O3/c36-26-18-23-10-4-5-13-24(23)29(34-31(37)25-14-6-11-22-12-7-15-33-28(22)25)30(26)38-27(19-35-17-16-32-20-35)21-8-2-1-3-9-21/h1-3,6-9,11-12,14-18,20,27,36H,4-5,10,13,19H2,(H,34,37)/t27-/m1/s1. The van der Waals surface area contributed by atoms with Gasteiger partial charge in [0.15, 0.2) is 11.5 Å². The monoisotopic (exact) mass is 504 g/mol. The summed E-state index contributed by atoms with van der Waals surface area (Å²) >= 11 is 0. The predicted octanol–water partition coefficient (Wildman–Crippen LogP) is 6.09. The Bertz CT molecular complexity index is 1580. The van der Waals surface area contributed by atoms with Gasteiger partial charge in [-0.2, -0.15) is 0 Å². The third-order valence-electron chi connectivity index (χ3n) is 7.07. The number of nitrogens with zero attached hydrogens (tertiary/aromatic N) is 3. The van der Waals surface area contributed by atoms with Crippen LogP contribution in [0.5, 0.6) is 11.5 Å². The van der Waals surface area contributed by atoms with E-state index in [1.54, 1.807) is 30.9 Å². The van der Waals surface area contributed by atoms with Crippen molar-refractivity contribution in [2.24, 2.45) is 0 Å². The Morgan fingerprint density at radius 3 is 2.71 bits per heavy atom. The van der Waals surface area contributed by atoms with E-state index in [2.05, 4.69) is 15.3 Å². The van der Waals surface area contributed by atoms with Crippen LogP contribution in [0.4, 0.5) is 5.69 Å². The van der Waals surface area contributed by atoms with Gasteiger partial charge < -0.3 is 19.7 Å². The van der Waals surface area contributed by atoms with E-state index < -0.39 is 6.10 Å². The van der Waals surface area contributed by atoms with E-state index in [1.165, 1.54) is 0 Å². The Labute approximate surface area is 220 Å². The number of nitrogens with one attached hydrogen (secondary N) is 1. The fraction of sp³-hybridized carbons (Fsp3) is 0.194. The van der Waals surface area contributed by atoms with Crippen LogP contribution in [0.15, 0.2) is 91.6 Å². The van der Waals surface area contributed by atoms with E-state index >= 15 is 0 Å². The SMILES string of the molecule is O=C(Nc1c2c(cc(O)c1O[C@H](Cn1ccnc1)c1ccccc1)CCCC2)c1cccc2cccnc12. The molecule has 7 nitrogen and oxygen atoms in total. The topological polar surface area (TPSA) is 89.3 Å². The lowest BCUT2D eigenvalue weighted by molar-refractivity contribution is 0.102. The maximum atomic E-state index is 13.7. The van der Waals surface area contributed by atoms with Gasteiger partial charge in [0, 0.05) is 24.0 Å². The lowest BCUT2D eigenvalue weighted by Gasteiger charge is -2.27. The van der Waals surface area contributed by atoms with Gasteiger partial charge in [-0.25, -0.2) is 4.98 Å². The van der Waals surface area contributed by atoms with E-state index in [1.807, 2.05) is 65.4 Å². The fourth-order valence-electron chi connectivity index (χ4n) is 5.20.